The van der Waals surface area contributed by atoms with Gasteiger partial charge in [-0.3, -0.25) is 9.69 Å². The lowest BCUT2D eigenvalue weighted by atomic mass is 10.1. The standard InChI is InChI=1S/C20H22N4O2/c1-14-8-7-11-17(15(14)2)21-18(25)12-24(3)13-19-22-23-20(26-19)16-9-5-4-6-10-16/h4-11H,12-13H2,1-3H3,(H,21,25). The number of hydrogen-bond donors (Lipinski definition) is 1. The minimum Gasteiger partial charge on any atom is -0.419 e. The number of aromatic nitrogens is 2. The number of anilines is 1. The molecule has 134 valence electrons. The Balaban J connectivity index is 1.57. The Morgan fingerprint density at radius 2 is 1.85 bits per heavy atom. The van der Waals surface area contributed by atoms with E-state index < -0.39 is 0 Å². The van der Waals surface area contributed by atoms with E-state index in [9.17, 15) is 4.79 Å². The van der Waals surface area contributed by atoms with Crippen LogP contribution < -0.4 is 5.32 Å². The minimum atomic E-state index is -0.0796. The van der Waals surface area contributed by atoms with Gasteiger partial charge in [0.1, 0.15) is 0 Å². The predicted octanol–water partition coefficient (Wildman–Crippen LogP) is 3.42. The van der Waals surface area contributed by atoms with Gasteiger partial charge in [-0.05, 0) is 50.2 Å². The Hall–Kier alpha value is -2.99. The van der Waals surface area contributed by atoms with Crippen LogP contribution in [-0.2, 0) is 11.3 Å². The van der Waals surface area contributed by atoms with Crippen LogP contribution in [0.3, 0.4) is 0 Å². The summed E-state index contributed by atoms with van der Waals surface area (Å²) in [7, 11) is 1.84. The van der Waals surface area contributed by atoms with E-state index in [1.807, 2.05) is 74.3 Å². The van der Waals surface area contributed by atoms with E-state index in [1.54, 1.807) is 0 Å². The van der Waals surface area contributed by atoms with Crippen LogP contribution >= 0.6 is 0 Å². The van der Waals surface area contributed by atoms with Gasteiger partial charge in [0.25, 0.3) is 0 Å². The highest BCUT2D eigenvalue weighted by molar-refractivity contribution is 5.93. The third kappa shape index (κ3) is 4.34. The van der Waals surface area contributed by atoms with Gasteiger partial charge in [0, 0.05) is 11.3 Å². The second-order valence-electron chi connectivity index (χ2n) is 6.33. The molecule has 0 aliphatic rings. The van der Waals surface area contributed by atoms with Crippen LogP contribution in [0, 0.1) is 13.8 Å². The summed E-state index contributed by atoms with van der Waals surface area (Å²) in [5.74, 6) is 0.878. The average Bonchev–Trinajstić information content (AvgIpc) is 3.08. The quantitative estimate of drug-likeness (QED) is 0.737. The molecular formula is C20H22N4O2. The summed E-state index contributed by atoms with van der Waals surface area (Å²) in [6.45, 7) is 4.66. The van der Waals surface area contributed by atoms with Gasteiger partial charge in [0.2, 0.25) is 17.7 Å². The molecular weight excluding hydrogens is 328 g/mol. The van der Waals surface area contributed by atoms with Crippen molar-refractivity contribution in [3.8, 4) is 11.5 Å². The van der Waals surface area contributed by atoms with Crippen molar-refractivity contribution >= 4 is 11.6 Å². The fourth-order valence-electron chi connectivity index (χ4n) is 2.62. The van der Waals surface area contributed by atoms with E-state index in [4.69, 9.17) is 4.42 Å². The Morgan fingerprint density at radius 1 is 1.08 bits per heavy atom. The maximum absolute atomic E-state index is 12.3. The second-order valence-corrected chi connectivity index (χ2v) is 6.33. The number of aryl methyl sites for hydroxylation is 1. The molecule has 1 heterocycles. The van der Waals surface area contributed by atoms with E-state index in [1.165, 1.54) is 0 Å². The van der Waals surface area contributed by atoms with Gasteiger partial charge in [-0.1, -0.05) is 30.3 Å². The lowest BCUT2D eigenvalue weighted by Gasteiger charge is -2.15. The Kier molecular flexibility index (Phi) is 5.43. The molecule has 3 aromatic rings. The van der Waals surface area contributed by atoms with Crippen molar-refractivity contribution in [2.45, 2.75) is 20.4 Å². The molecule has 3 rings (SSSR count). The molecule has 0 fully saturated rings. The summed E-state index contributed by atoms with van der Waals surface area (Å²) < 4.78 is 5.68. The zero-order valence-corrected chi connectivity index (χ0v) is 15.2. The first-order valence-electron chi connectivity index (χ1n) is 8.45. The Bertz CT molecular complexity index is 890. The largest absolute Gasteiger partial charge is 0.419 e. The van der Waals surface area contributed by atoms with Crippen molar-refractivity contribution in [2.24, 2.45) is 0 Å². The SMILES string of the molecule is Cc1cccc(NC(=O)CN(C)Cc2nnc(-c3ccccc3)o2)c1C. The van der Waals surface area contributed by atoms with Crippen LogP contribution in [0.15, 0.2) is 52.9 Å². The van der Waals surface area contributed by atoms with Gasteiger partial charge < -0.3 is 9.73 Å². The highest BCUT2D eigenvalue weighted by Crippen LogP contribution is 2.19. The molecule has 0 aliphatic carbocycles. The maximum Gasteiger partial charge on any atom is 0.247 e. The van der Waals surface area contributed by atoms with E-state index in [2.05, 4.69) is 15.5 Å². The van der Waals surface area contributed by atoms with Crippen LogP contribution in [0.25, 0.3) is 11.5 Å². The van der Waals surface area contributed by atoms with Crippen molar-refractivity contribution in [2.75, 3.05) is 18.9 Å². The van der Waals surface area contributed by atoms with Gasteiger partial charge in [0.15, 0.2) is 0 Å². The molecule has 0 radical (unpaired) electrons. The molecule has 0 spiro atoms. The van der Waals surface area contributed by atoms with Gasteiger partial charge >= 0.3 is 0 Å². The first kappa shape index (κ1) is 17.8. The Morgan fingerprint density at radius 3 is 2.62 bits per heavy atom. The molecule has 26 heavy (non-hydrogen) atoms. The van der Waals surface area contributed by atoms with Crippen LogP contribution in [-0.4, -0.2) is 34.6 Å². The third-order valence-electron chi connectivity index (χ3n) is 4.19. The molecule has 1 aromatic heterocycles. The fourth-order valence-corrected chi connectivity index (χ4v) is 2.62. The Labute approximate surface area is 152 Å². The van der Waals surface area contributed by atoms with Crippen molar-refractivity contribution in [1.82, 2.24) is 15.1 Å². The van der Waals surface area contributed by atoms with Crippen LogP contribution in [0.5, 0.6) is 0 Å². The highest BCUT2D eigenvalue weighted by atomic mass is 16.4. The average molecular weight is 350 g/mol. The zero-order chi connectivity index (χ0) is 18.5. The molecule has 0 unspecified atom stereocenters. The molecule has 0 bridgehead atoms. The number of carbonyl (C=O) groups is 1. The molecule has 1 N–H and O–H groups in total. The lowest BCUT2D eigenvalue weighted by molar-refractivity contribution is -0.117. The summed E-state index contributed by atoms with van der Waals surface area (Å²) in [5.41, 5.74) is 3.94. The van der Waals surface area contributed by atoms with Crippen molar-refractivity contribution in [3.63, 3.8) is 0 Å². The molecule has 0 atom stereocenters. The topological polar surface area (TPSA) is 71.3 Å². The number of rotatable bonds is 6. The predicted molar refractivity (Wildman–Crippen MR) is 101 cm³/mol. The van der Waals surface area contributed by atoms with Gasteiger partial charge in [-0.2, -0.15) is 0 Å². The monoisotopic (exact) mass is 350 g/mol. The molecule has 0 saturated carbocycles. The van der Waals surface area contributed by atoms with Gasteiger partial charge in [0.05, 0.1) is 13.1 Å². The summed E-state index contributed by atoms with van der Waals surface area (Å²) in [6, 6.07) is 15.5. The lowest BCUT2D eigenvalue weighted by Crippen LogP contribution is -2.30. The van der Waals surface area contributed by atoms with Gasteiger partial charge in [-0.25, -0.2) is 0 Å². The number of nitrogens with zero attached hydrogens (tertiary/aromatic N) is 3. The molecule has 0 aliphatic heterocycles. The zero-order valence-electron chi connectivity index (χ0n) is 15.2. The normalized spacial score (nSPS) is 10.9. The van der Waals surface area contributed by atoms with E-state index >= 15 is 0 Å². The maximum atomic E-state index is 12.3. The first-order valence-corrected chi connectivity index (χ1v) is 8.45. The number of hydrogen-bond acceptors (Lipinski definition) is 5. The molecule has 0 saturated heterocycles. The summed E-state index contributed by atoms with van der Waals surface area (Å²) >= 11 is 0. The van der Waals surface area contributed by atoms with Gasteiger partial charge in [-0.15, -0.1) is 10.2 Å². The summed E-state index contributed by atoms with van der Waals surface area (Å²) in [6.07, 6.45) is 0. The smallest absolute Gasteiger partial charge is 0.247 e. The second kappa shape index (κ2) is 7.93. The highest BCUT2D eigenvalue weighted by Gasteiger charge is 2.13. The molecule has 6 nitrogen and oxygen atoms in total. The van der Waals surface area contributed by atoms with E-state index in [-0.39, 0.29) is 12.5 Å². The number of carbonyl (C=O) groups excluding carboxylic acids is 1. The third-order valence-corrected chi connectivity index (χ3v) is 4.19. The number of benzene rings is 2. The molecule has 6 heteroatoms. The van der Waals surface area contributed by atoms with E-state index in [0.29, 0.717) is 18.3 Å². The number of amides is 1. The summed E-state index contributed by atoms with van der Waals surface area (Å²) in [5, 5.41) is 11.1. The first-order chi connectivity index (χ1) is 12.5. The van der Waals surface area contributed by atoms with Crippen molar-refractivity contribution < 1.29 is 9.21 Å². The summed E-state index contributed by atoms with van der Waals surface area (Å²) in [4.78, 5) is 14.1. The van der Waals surface area contributed by atoms with Crippen LogP contribution in [0.4, 0.5) is 5.69 Å². The van der Waals surface area contributed by atoms with Crippen molar-refractivity contribution in [1.29, 1.82) is 0 Å². The number of nitrogens with one attached hydrogen (secondary N) is 1. The van der Waals surface area contributed by atoms with Crippen molar-refractivity contribution in [3.05, 3.63) is 65.5 Å². The van der Waals surface area contributed by atoms with Crippen LogP contribution in [0.1, 0.15) is 17.0 Å². The molecule has 2 aromatic carbocycles. The number of likely N-dealkylation sites (N-methyl/N-ethyl adjacent to an activating group) is 1. The van der Waals surface area contributed by atoms with Crippen LogP contribution in [0.2, 0.25) is 0 Å². The molecule has 1 amide bonds. The van der Waals surface area contributed by atoms with E-state index in [0.717, 1.165) is 22.4 Å². The fraction of sp³-hybridized carbons (Fsp3) is 0.250. The minimum absolute atomic E-state index is 0.0796.